The van der Waals surface area contributed by atoms with Gasteiger partial charge in [0.05, 0.1) is 0 Å². The molecule has 0 aliphatic carbocycles. The molecule has 132 valence electrons. The lowest BCUT2D eigenvalue weighted by Gasteiger charge is -2.37. The number of amides is 2. The summed E-state index contributed by atoms with van der Waals surface area (Å²) in [5, 5.41) is 3.46. The maximum atomic E-state index is 12.3. The van der Waals surface area contributed by atoms with Crippen molar-refractivity contribution in [2.24, 2.45) is 5.41 Å². The van der Waals surface area contributed by atoms with Crippen molar-refractivity contribution in [1.82, 2.24) is 9.80 Å². The van der Waals surface area contributed by atoms with Crippen LogP contribution in [0.3, 0.4) is 0 Å². The Labute approximate surface area is 149 Å². The molecule has 6 heteroatoms. The molecule has 1 N–H and O–H groups in total. The van der Waals surface area contributed by atoms with Crippen LogP contribution in [0.4, 0.5) is 5.69 Å². The average Bonchev–Trinajstić information content (AvgIpc) is 2.52. The number of benzene rings is 1. The Morgan fingerprint density at radius 1 is 1.17 bits per heavy atom. The topological polar surface area (TPSA) is 52.7 Å². The predicted molar refractivity (Wildman–Crippen MR) is 97.2 cm³/mol. The molecule has 0 spiro atoms. The summed E-state index contributed by atoms with van der Waals surface area (Å²) in [4.78, 5) is 28.4. The molecule has 0 radical (unpaired) electrons. The molecular weight excluding hydrogens is 326 g/mol. The van der Waals surface area contributed by atoms with Crippen molar-refractivity contribution in [3.05, 3.63) is 29.3 Å². The van der Waals surface area contributed by atoms with Gasteiger partial charge in [-0.05, 0) is 18.2 Å². The molecule has 2 amide bonds. The lowest BCUT2D eigenvalue weighted by atomic mass is 9.94. The van der Waals surface area contributed by atoms with Gasteiger partial charge in [0.1, 0.15) is 0 Å². The number of rotatable bonds is 4. The quantitative estimate of drug-likeness (QED) is 0.907. The van der Waals surface area contributed by atoms with E-state index in [1.165, 1.54) is 0 Å². The highest BCUT2D eigenvalue weighted by Gasteiger charge is 2.29. The van der Waals surface area contributed by atoms with Gasteiger partial charge < -0.3 is 10.2 Å². The van der Waals surface area contributed by atoms with Crippen molar-refractivity contribution < 1.29 is 9.59 Å². The highest BCUT2D eigenvalue weighted by atomic mass is 35.5. The van der Waals surface area contributed by atoms with Crippen LogP contribution in [0.25, 0.3) is 0 Å². The number of anilines is 1. The Morgan fingerprint density at radius 2 is 1.83 bits per heavy atom. The van der Waals surface area contributed by atoms with Crippen LogP contribution < -0.4 is 5.32 Å². The standard InChI is InChI=1S/C18H26ClN3O2/c1-18(2,3)17(24)22-11-9-21(10-12-22)8-7-16(23)20-15-6-4-5-14(19)13-15/h4-6,13H,7-12H2,1-3H3,(H,20,23). The SMILES string of the molecule is CC(C)(C)C(=O)N1CCN(CCC(=O)Nc2cccc(Cl)c2)CC1. The fourth-order valence-corrected chi connectivity index (χ4v) is 2.89. The van der Waals surface area contributed by atoms with E-state index in [9.17, 15) is 9.59 Å². The van der Waals surface area contributed by atoms with E-state index < -0.39 is 0 Å². The molecular formula is C18H26ClN3O2. The van der Waals surface area contributed by atoms with E-state index in [1.807, 2.05) is 37.8 Å². The maximum absolute atomic E-state index is 12.3. The first-order valence-electron chi connectivity index (χ1n) is 8.33. The van der Waals surface area contributed by atoms with Gasteiger partial charge in [-0.2, -0.15) is 0 Å². The summed E-state index contributed by atoms with van der Waals surface area (Å²) in [6.07, 6.45) is 0.430. The number of carbonyl (C=O) groups is 2. The number of hydrogen-bond donors (Lipinski definition) is 1. The van der Waals surface area contributed by atoms with E-state index in [1.54, 1.807) is 12.1 Å². The van der Waals surface area contributed by atoms with Gasteiger partial charge in [-0.3, -0.25) is 14.5 Å². The van der Waals surface area contributed by atoms with Crippen LogP contribution in [-0.4, -0.2) is 54.3 Å². The Morgan fingerprint density at radius 3 is 2.42 bits per heavy atom. The third-order valence-electron chi connectivity index (χ3n) is 4.06. The number of hydrogen-bond acceptors (Lipinski definition) is 3. The van der Waals surface area contributed by atoms with Crippen molar-refractivity contribution in [2.45, 2.75) is 27.2 Å². The van der Waals surface area contributed by atoms with Gasteiger partial charge in [0.2, 0.25) is 11.8 Å². The average molecular weight is 352 g/mol. The molecule has 0 atom stereocenters. The van der Waals surface area contributed by atoms with Gasteiger partial charge in [0.25, 0.3) is 0 Å². The van der Waals surface area contributed by atoms with Crippen LogP contribution in [0, 0.1) is 5.41 Å². The largest absolute Gasteiger partial charge is 0.340 e. The van der Waals surface area contributed by atoms with E-state index in [4.69, 9.17) is 11.6 Å². The van der Waals surface area contributed by atoms with Crippen molar-refractivity contribution in [2.75, 3.05) is 38.0 Å². The third-order valence-corrected chi connectivity index (χ3v) is 4.30. The van der Waals surface area contributed by atoms with Crippen LogP contribution in [-0.2, 0) is 9.59 Å². The summed E-state index contributed by atoms with van der Waals surface area (Å²) in [5.41, 5.74) is 0.382. The zero-order valence-electron chi connectivity index (χ0n) is 14.6. The van der Waals surface area contributed by atoms with E-state index in [-0.39, 0.29) is 17.2 Å². The molecule has 0 bridgehead atoms. The zero-order chi connectivity index (χ0) is 17.7. The minimum Gasteiger partial charge on any atom is -0.340 e. The van der Waals surface area contributed by atoms with Crippen molar-refractivity contribution >= 4 is 29.1 Å². The number of halogens is 1. The number of nitrogens with zero attached hydrogens (tertiary/aromatic N) is 2. The first-order chi connectivity index (χ1) is 11.3. The first kappa shape index (κ1) is 18.7. The van der Waals surface area contributed by atoms with Crippen molar-refractivity contribution in [3.8, 4) is 0 Å². The summed E-state index contributed by atoms with van der Waals surface area (Å²) in [6.45, 7) is 9.62. The van der Waals surface area contributed by atoms with E-state index >= 15 is 0 Å². The van der Waals surface area contributed by atoms with Gasteiger partial charge in [-0.1, -0.05) is 38.4 Å². The summed E-state index contributed by atoms with van der Waals surface area (Å²) in [5.74, 6) is 0.173. The van der Waals surface area contributed by atoms with Gasteiger partial charge in [-0.15, -0.1) is 0 Å². The summed E-state index contributed by atoms with van der Waals surface area (Å²) < 4.78 is 0. The molecule has 24 heavy (non-hydrogen) atoms. The molecule has 1 aliphatic rings. The van der Waals surface area contributed by atoms with Gasteiger partial charge >= 0.3 is 0 Å². The second-order valence-corrected chi connectivity index (χ2v) is 7.63. The van der Waals surface area contributed by atoms with E-state index in [2.05, 4.69) is 10.2 Å². The molecule has 1 aromatic rings. The molecule has 5 nitrogen and oxygen atoms in total. The monoisotopic (exact) mass is 351 g/mol. The zero-order valence-corrected chi connectivity index (χ0v) is 15.4. The Bertz CT molecular complexity index is 590. The fraction of sp³-hybridized carbons (Fsp3) is 0.556. The molecule has 1 saturated heterocycles. The van der Waals surface area contributed by atoms with E-state index in [0.29, 0.717) is 23.7 Å². The number of nitrogens with one attached hydrogen (secondary N) is 1. The first-order valence-corrected chi connectivity index (χ1v) is 8.70. The van der Waals surface area contributed by atoms with Gasteiger partial charge in [0.15, 0.2) is 0 Å². The van der Waals surface area contributed by atoms with Crippen LogP contribution in [0.1, 0.15) is 27.2 Å². The predicted octanol–water partition coefficient (Wildman–Crippen LogP) is 2.86. The smallest absolute Gasteiger partial charge is 0.228 e. The molecule has 1 heterocycles. The number of piperazine rings is 1. The van der Waals surface area contributed by atoms with Crippen molar-refractivity contribution in [3.63, 3.8) is 0 Å². The maximum Gasteiger partial charge on any atom is 0.228 e. The lowest BCUT2D eigenvalue weighted by molar-refractivity contribution is -0.141. The lowest BCUT2D eigenvalue weighted by Crippen LogP contribution is -2.51. The second kappa shape index (κ2) is 7.99. The molecule has 0 saturated carbocycles. The van der Waals surface area contributed by atoms with E-state index in [0.717, 1.165) is 26.2 Å². The molecule has 2 rings (SSSR count). The Kier molecular flexibility index (Phi) is 6.24. The molecule has 0 aromatic heterocycles. The minimum absolute atomic E-state index is 0.0227. The van der Waals surface area contributed by atoms with Gasteiger partial charge in [-0.25, -0.2) is 0 Å². The van der Waals surface area contributed by atoms with Gasteiger partial charge in [0, 0.05) is 55.3 Å². The molecule has 0 unspecified atom stereocenters. The Balaban J connectivity index is 1.72. The van der Waals surface area contributed by atoms with Crippen LogP contribution in [0.2, 0.25) is 5.02 Å². The summed E-state index contributed by atoms with van der Waals surface area (Å²) >= 11 is 5.91. The fourth-order valence-electron chi connectivity index (χ4n) is 2.70. The molecule has 1 fully saturated rings. The van der Waals surface area contributed by atoms with Crippen molar-refractivity contribution in [1.29, 1.82) is 0 Å². The van der Waals surface area contributed by atoms with Crippen LogP contribution in [0.15, 0.2) is 24.3 Å². The van der Waals surface area contributed by atoms with Crippen LogP contribution in [0.5, 0.6) is 0 Å². The number of carbonyl (C=O) groups excluding carboxylic acids is 2. The third kappa shape index (κ3) is 5.49. The highest BCUT2D eigenvalue weighted by Crippen LogP contribution is 2.19. The summed E-state index contributed by atoms with van der Waals surface area (Å²) in [7, 11) is 0. The normalized spacial score (nSPS) is 16.1. The minimum atomic E-state index is -0.334. The second-order valence-electron chi connectivity index (χ2n) is 7.19. The molecule has 1 aromatic carbocycles. The molecule has 1 aliphatic heterocycles. The highest BCUT2D eigenvalue weighted by molar-refractivity contribution is 6.30. The Hall–Kier alpha value is -1.59. The summed E-state index contributed by atoms with van der Waals surface area (Å²) in [6, 6.07) is 7.13. The van der Waals surface area contributed by atoms with Crippen LogP contribution >= 0.6 is 11.6 Å².